The fourth-order valence-electron chi connectivity index (χ4n) is 2.08. The molecular formula is C17H14N2O4. The molecule has 0 bridgehead atoms. The number of non-ortho nitro benzene ring substituents is 1. The zero-order valence-electron chi connectivity index (χ0n) is 12.6. The normalized spacial score (nSPS) is 10.7. The molecule has 0 heterocycles. The molecule has 0 aliphatic carbocycles. The van der Waals surface area contributed by atoms with E-state index in [4.69, 9.17) is 9.47 Å². The maximum atomic E-state index is 10.8. The van der Waals surface area contributed by atoms with Crippen LogP contribution in [-0.2, 0) is 0 Å². The smallest absolute Gasteiger partial charge is 0.270 e. The van der Waals surface area contributed by atoms with Gasteiger partial charge in [-0.3, -0.25) is 10.1 Å². The fourth-order valence-corrected chi connectivity index (χ4v) is 2.08. The predicted molar refractivity (Wildman–Crippen MR) is 86.1 cm³/mol. The van der Waals surface area contributed by atoms with Gasteiger partial charge in [0.15, 0.2) is 11.5 Å². The standard InChI is InChI=1S/C17H14N2O4/c1-22-16-7-6-13(10-17(16)23-2)14(11-18)8-12-4-3-5-15(9-12)19(20)21/h3-10H,1-2H3/b14-8+. The second-order valence-corrected chi connectivity index (χ2v) is 4.59. The first-order chi connectivity index (χ1) is 11.1. The molecule has 0 unspecified atom stereocenters. The van der Waals surface area contributed by atoms with E-state index in [0.29, 0.717) is 28.2 Å². The van der Waals surface area contributed by atoms with Crippen LogP contribution in [0.2, 0.25) is 0 Å². The van der Waals surface area contributed by atoms with Gasteiger partial charge in [-0.05, 0) is 35.4 Å². The van der Waals surface area contributed by atoms with Crippen LogP contribution in [0.25, 0.3) is 11.6 Å². The molecule has 0 fully saturated rings. The van der Waals surface area contributed by atoms with Crippen molar-refractivity contribution >= 4 is 17.3 Å². The Morgan fingerprint density at radius 2 is 1.91 bits per heavy atom. The molecule has 0 N–H and O–H groups in total. The average Bonchev–Trinajstić information content (AvgIpc) is 2.59. The number of hydrogen-bond donors (Lipinski definition) is 0. The summed E-state index contributed by atoms with van der Waals surface area (Å²) in [6.45, 7) is 0. The topological polar surface area (TPSA) is 85.4 Å². The van der Waals surface area contributed by atoms with Crippen molar-refractivity contribution in [3.63, 3.8) is 0 Å². The number of allylic oxidation sites excluding steroid dienone is 1. The van der Waals surface area contributed by atoms with Gasteiger partial charge in [-0.2, -0.15) is 5.26 Å². The van der Waals surface area contributed by atoms with E-state index in [1.165, 1.54) is 26.4 Å². The lowest BCUT2D eigenvalue weighted by atomic mass is 10.0. The summed E-state index contributed by atoms with van der Waals surface area (Å²) < 4.78 is 10.4. The summed E-state index contributed by atoms with van der Waals surface area (Å²) in [5.74, 6) is 1.06. The minimum Gasteiger partial charge on any atom is -0.493 e. The Morgan fingerprint density at radius 1 is 1.17 bits per heavy atom. The van der Waals surface area contributed by atoms with E-state index >= 15 is 0 Å². The number of rotatable bonds is 5. The van der Waals surface area contributed by atoms with Crippen LogP contribution in [0, 0.1) is 21.4 Å². The highest BCUT2D eigenvalue weighted by Gasteiger charge is 2.09. The third kappa shape index (κ3) is 3.66. The van der Waals surface area contributed by atoms with Gasteiger partial charge in [0, 0.05) is 12.1 Å². The second-order valence-electron chi connectivity index (χ2n) is 4.59. The fraction of sp³-hybridized carbons (Fsp3) is 0.118. The molecule has 0 aromatic heterocycles. The van der Waals surface area contributed by atoms with Crippen molar-refractivity contribution in [2.75, 3.05) is 14.2 Å². The molecule has 0 atom stereocenters. The molecule has 0 saturated heterocycles. The van der Waals surface area contributed by atoms with Gasteiger partial charge < -0.3 is 9.47 Å². The molecule has 0 radical (unpaired) electrons. The minimum absolute atomic E-state index is 0.0247. The lowest BCUT2D eigenvalue weighted by molar-refractivity contribution is -0.384. The van der Waals surface area contributed by atoms with Crippen molar-refractivity contribution in [3.8, 4) is 17.6 Å². The molecule has 0 spiro atoms. The summed E-state index contributed by atoms with van der Waals surface area (Å²) in [5, 5.41) is 20.2. The molecule has 0 aliphatic rings. The Morgan fingerprint density at radius 3 is 2.52 bits per heavy atom. The van der Waals surface area contributed by atoms with Crippen molar-refractivity contribution in [1.29, 1.82) is 5.26 Å². The van der Waals surface area contributed by atoms with Crippen molar-refractivity contribution in [1.82, 2.24) is 0 Å². The van der Waals surface area contributed by atoms with E-state index in [0.717, 1.165) is 0 Å². The number of nitro benzene ring substituents is 1. The van der Waals surface area contributed by atoms with Crippen LogP contribution < -0.4 is 9.47 Å². The van der Waals surface area contributed by atoms with Gasteiger partial charge in [0.1, 0.15) is 0 Å². The van der Waals surface area contributed by atoms with Gasteiger partial charge >= 0.3 is 0 Å². The lowest BCUT2D eigenvalue weighted by Gasteiger charge is -2.09. The molecule has 23 heavy (non-hydrogen) atoms. The van der Waals surface area contributed by atoms with Gasteiger partial charge in [0.2, 0.25) is 0 Å². The SMILES string of the molecule is COc1ccc(/C(C#N)=C/c2cccc([N+](=O)[O-])c2)cc1OC. The zero-order chi connectivity index (χ0) is 16.8. The molecule has 2 aromatic rings. The van der Waals surface area contributed by atoms with E-state index in [9.17, 15) is 15.4 Å². The molecule has 6 heteroatoms. The summed E-state index contributed by atoms with van der Waals surface area (Å²) in [7, 11) is 3.04. The van der Waals surface area contributed by atoms with Crippen LogP contribution in [0.5, 0.6) is 11.5 Å². The summed E-state index contributed by atoms with van der Waals surface area (Å²) in [6, 6.07) is 13.3. The van der Waals surface area contributed by atoms with Gasteiger partial charge in [-0.25, -0.2) is 0 Å². The van der Waals surface area contributed by atoms with E-state index in [1.54, 1.807) is 36.4 Å². The highest BCUT2D eigenvalue weighted by molar-refractivity contribution is 5.90. The highest BCUT2D eigenvalue weighted by atomic mass is 16.6. The second kappa shape index (κ2) is 7.09. The molecule has 0 saturated carbocycles. The Balaban J connectivity index is 2.46. The van der Waals surface area contributed by atoms with Crippen molar-refractivity contribution in [2.24, 2.45) is 0 Å². The van der Waals surface area contributed by atoms with Crippen molar-refractivity contribution in [3.05, 3.63) is 63.7 Å². The van der Waals surface area contributed by atoms with Gasteiger partial charge in [-0.1, -0.05) is 12.1 Å². The first kappa shape index (κ1) is 16.0. The van der Waals surface area contributed by atoms with E-state index in [1.807, 2.05) is 0 Å². The van der Waals surface area contributed by atoms with Crippen molar-refractivity contribution < 1.29 is 14.4 Å². The first-order valence-corrected chi connectivity index (χ1v) is 6.67. The predicted octanol–water partition coefficient (Wildman–Crippen LogP) is 3.68. The molecule has 116 valence electrons. The number of methoxy groups -OCH3 is 2. The maximum absolute atomic E-state index is 10.8. The lowest BCUT2D eigenvalue weighted by Crippen LogP contribution is -1.92. The largest absolute Gasteiger partial charge is 0.493 e. The van der Waals surface area contributed by atoms with Crippen LogP contribution >= 0.6 is 0 Å². The summed E-state index contributed by atoms with van der Waals surface area (Å²) in [6.07, 6.45) is 1.59. The third-order valence-corrected chi connectivity index (χ3v) is 3.21. The van der Waals surface area contributed by atoms with Crippen LogP contribution in [0.15, 0.2) is 42.5 Å². The number of hydrogen-bond acceptors (Lipinski definition) is 5. The van der Waals surface area contributed by atoms with E-state index in [-0.39, 0.29) is 5.69 Å². The van der Waals surface area contributed by atoms with Gasteiger partial charge in [0.25, 0.3) is 5.69 Å². The molecule has 2 aromatic carbocycles. The minimum atomic E-state index is -0.472. The summed E-state index contributed by atoms with van der Waals surface area (Å²) in [4.78, 5) is 10.3. The number of benzene rings is 2. The number of nitriles is 1. The van der Waals surface area contributed by atoms with Gasteiger partial charge in [0.05, 0.1) is 30.8 Å². The molecule has 0 aliphatic heterocycles. The van der Waals surface area contributed by atoms with Crippen LogP contribution in [-0.4, -0.2) is 19.1 Å². The Bertz CT molecular complexity index is 806. The van der Waals surface area contributed by atoms with Crippen LogP contribution in [0.1, 0.15) is 11.1 Å². The summed E-state index contributed by atoms with van der Waals surface area (Å²) in [5.41, 5.74) is 1.55. The average molecular weight is 310 g/mol. The summed E-state index contributed by atoms with van der Waals surface area (Å²) >= 11 is 0. The Labute approximate surface area is 133 Å². The number of nitrogens with zero attached hydrogens (tertiary/aromatic N) is 2. The zero-order valence-corrected chi connectivity index (χ0v) is 12.6. The highest BCUT2D eigenvalue weighted by Crippen LogP contribution is 2.31. The molecular weight excluding hydrogens is 296 g/mol. The molecule has 2 rings (SSSR count). The quantitative estimate of drug-likeness (QED) is 0.364. The van der Waals surface area contributed by atoms with Crippen molar-refractivity contribution in [2.45, 2.75) is 0 Å². The maximum Gasteiger partial charge on any atom is 0.270 e. The third-order valence-electron chi connectivity index (χ3n) is 3.21. The molecule has 0 amide bonds. The van der Waals surface area contributed by atoms with E-state index < -0.39 is 4.92 Å². The number of nitro groups is 1. The van der Waals surface area contributed by atoms with Gasteiger partial charge in [-0.15, -0.1) is 0 Å². The monoisotopic (exact) mass is 310 g/mol. The van der Waals surface area contributed by atoms with Crippen LogP contribution in [0.4, 0.5) is 5.69 Å². The van der Waals surface area contributed by atoms with E-state index in [2.05, 4.69) is 6.07 Å². The first-order valence-electron chi connectivity index (χ1n) is 6.67. The Hall–Kier alpha value is -3.33. The molecule has 6 nitrogen and oxygen atoms in total. The Kier molecular flexibility index (Phi) is 4.95. The number of ether oxygens (including phenoxy) is 2. The van der Waals surface area contributed by atoms with Crippen LogP contribution in [0.3, 0.4) is 0 Å².